The zero-order valence-electron chi connectivity index (χ0n) is 6.42. The smallest absolute Gasteiger partial charge is 0.252 e. The van der Waals surface area contributed by atoms with E-state index in [0.29, 0.717) is 0 Å². The molecule has 11 heavy (non-hydrogen) atoms. The van der Waals surface area contributed by atoms with Gasteiger partial charge in [-0.1, -0.05) is 0 Å². The van der Waals surface area contributed by atoms with Crippen LogP contribution >= 0.6 is 0 Å². The van der Waals surface area contributed by atoms with E-state index in [9.17, 15) is 4.79 Å². The molecule has 0 atom stereocenters. The third kappa shape index (κ3) is 2.86. The minimum Gasteiger partial charge on any atom is -0.393 e. The second kappa shape index (κ2) is 3.69. The number of hydrogen-bond donors (Lipinski definition) is 1. The van der Waals surface area contributed by atoms with Crippen LogP contribution in [0, 0.1) is 0 Å². The van der Waals surface area contributed by atoms with E-state index in [0.717, 1.165) is 25.9 Å². The van der Waals surface area contributed by atoms with Crippen molar-refractivity contribution in [1.29, 1.82) is 0 Å². The first-order chi connectivity index (χ1) is 5.18. The largest absolute Gasteiger partial charge is 0.393 e. The van der Waals surface area contributed by atoms with E-state index in [1.165, 1.54) is 0 Å². The van der Waals surface area contributed by atoms with Crippen molar-refractivity contribution < 1.29 is 9.90 Å². The molecular formula is C7H13N2O2. The van der Waals surface area contributed by atoms with Crippen LogP contribution in [0.1, 0.15) is 12.8 Å². The van der Waals surface area contributed by atoms with Crippen LogP contribution in [0.15, 0.2) is 0 Å². The van der Waals surface area contributed by atoms with Crippen molar-refractivity contribution in [2.24, 2.45) is 0 Å². The van der Waals surface area contributed by atoms with Crippen LogP contribution in [0.4, 0.5) is 0 Å². The van der Waals surface area contributed by atoms with Crippen molar-refractivity contribution in [2.75, 3.05) is 19.6 Å². The van der Waals surface area contributed by atoms with E-state index in [1.54, 1.807) is 0 Å². The number of aliphatic hydroxyl groups excluding tert-OH is 1. The molecule has 1 rings (SSSR count). The molecule has 1 aliphatic heterocycles. The van der Waals surface area contributed by atoms with Crippen molar-refractivity contribution in [1.82, 2.24) is 10.6 Å². The Morgan fingerprint density at radius 3 is 2.55 bits per heavy atom. The third-order valence-corrected chi connectivity index (χ3v) is 1.92. The molecule has 0 aromatic rings. The Balaban J connectivity index is 2.22. The lowest BCUT2D eigenvalue weighted by molar-refractivity contribution is -0.120. The molecule has 0 spiro atoms. The van der Waals surface area contributed by atoms with Crippen LogP contribution in [0.5, 0.6) is 0 Å². The Kier molecular flexibility index (Phi) is 2.84. The molecule has 0 unspecified atom stereocenters. The van der Waals surface area contributed by atoms with Crippen LogP contribution < -0.4 is 5.73 Å². The lowest BCUT2D eigenvalue weighted by atomic mass is 10.1. The maximum absolute atomic E-state index is 10.4. The minimum absolute atomic E-state index is 0.202. The fraction of sp³-hybridized carbons (Fsp3) is 0.857. The van der Waals surface area contributed by atoms with Crippen LogP contribution in [0.25, 0.3) is 0 Å². The lowest BCUT2D eigenvalue weighted by Gasteiger charge is -2.27. The molecule has 0 aromatic carbocycles. The van der Waals surface area contributed by atoms with Crippen LogP contribution in [0.2, 0.25) is 0 Å². The first kappa shape index (κ1) is 8.49. The monoisotopic (exact) mass is 157 g/mol. The number of amides is 1. The highest BCUT2D eigenvalue weighted by molar-refractivity contribution is 5.75. The summed E-state index contributed by atoms with van der Waals surface area (Å²) < 4.78 is 0. The summed E-state index contributed by atoms with van der Waals surface area (Å²) in [6.07, 6.45) is 1.26. The highest BCUT2D eigenvalue weighted by Crippen LogP contribution is 2.08. The predicted octanol–water partition coefficient (Wildman–Crippen LogP) is -0.747. The zero-order valence-corrected chi connectivity index (χ0v) is 6.42. The van der Waals surface area contributed by atoms with Gasteiger partial charge in [-0.15, -0.1) is 0 Å². The summed E-state index contributed by atoms with van der Waals surface area (Å²) in [5, 5.41) is 9.10. The Bertz CT molecular complexity index is 141. The van der Waals surface area contributed by atoms with E-state index in [1.807, 2.05) is 4.90 Å². The number of aliphatic hydroxyl groups is 1. The molecule has 1 fully saturated rings. The molecule has 2 N–H and O–H groups in total. The van der Waals surface area contributed by atoms with Crippen molar-refractivity contribution in [2.45, 2.75) is 18.9 Å². The molecule has 1 heterocycles. The average Bonchev–Trinajstić information content (AvgIpc) is 1.93. The highest BCUT2D eigenvalue weighted by atomic mass is 16.3. The van der Waals surface area contributed by atoms with Gasteiger partial charge in [-0.05, 0) is 12.8 Å². The number of hydrogen-bond acceptors (Lipinski definition) is 3. The van der Waals surface area contributed by atoms with Crippen molar-refractivity contribution in [3.8, 4) is 0 Å². The average molecular weight is 157 g/mol. The highest BCUT2D eigenvalue weighted by Gasteiger charge is 2.17. The van der Waals surface area contributed by atoms with E-state index in [2.05, 4.69) is 0 Å². The fourth-order valence-corrected chi connectivity index (χ4v) is 1.28. The van der Waals surface area contributed by atoms with Gasteiger partial charge in [0.1, 0.15) is 0 Å². The van der Waals surface area contributed by atoms with Crippen LogP contribution in [-0.4, -0.2) is 41.7 Å². The molecule has 0 saturated carbocycles. The van der Waals surface area contributed by atoms with Gasteiger partial charge in [0.15, 0.2) is 0 Å². The number of nitrogens with zero attached hydrogens (tertiary/aromatic N) is 1. The van der Waals surface area contributed by atoms with Gasteiger partial charge in [0.2, 0.25) is 0 Å². The van der Waals surface area contributed by atoms with Crippen LogP contribution in [0.3, 0.4) is 0 Å². The van der Waals surface area contributed by atoms with E-state index >= 15 is 0 Å². The van der Waals surface area contributed by atoms with Gasteiger partial charge in [0.25, 0.3) is 5.91 Å². The summed E-state index contributed by atoms with van der Waals surface area (Å²) in [5.74, 6) is -0.540. The summed E-state index contributed by atoms with van der Waals surface area (Å²) in [6.45, 7) is 1.70. The SMILES string of the molecule is [NH]C(=O)CN1CCC(O)CC1. The molecular weight excluding hydrogens is 144 g/mol. The second-order valence-corrected chi connectivity index (χ2v) is 2.93. The predicted molar refractivity (Wildman–Crippen MR) is 39.8 cm³/mol. The number of piperidine rings is 1. The molecule has 0 aromatic heterocycles. The lowest BCUT2D eigenvalue weighted by Crippen LogP contribution is -2.39. The summed E-state index contributed by atoms with van der Waals surface area (Å²) in [7, 11) is 0. The molecule has 0 aliphatic carbocycles. The Hall–Kier alpha value is -0.610. The molecule has 1 radical (unpaired) electrons. The first-order valence-electron chi connectivity index (χ1n) is 3.83. The quantitative estimate of drug-likeness (QED) is 0.573. The van der Waals surface area contributed by atoms with Gasteiger partial charge in [-0.2, -0.15) is 0 Å². The van der Waals surface area contributed by atoms with Gasteiger partial charge < -0.3 is 5.11 Å². The van der Waals surface area contributed by atoms with E-state index < -0.39 is 5.91 Å². The number of likely N-dealkylation sites (tertiary alicyclic amines) is 1. The van der Waals surface area contributed by atoms with E-state index in [4.69, 9.17) is 10.8 Å². The standard InChI is InChI=1S/C7H13N2O2/c8-7(11)5-9-3-1-6(10)2-4-9/h6,8,10H,1-5H2. The van der Waals surface area contributed by atoms with Crippen molar-refractivity contribution in [3.63, 3.8) is 0 Å². The molecule has 1 aliphatic rings. The van der Waals surface area contributed by atoms with Crippen molar-refractivity contribution in [3.05, 3.63) is 0 Å². The molecule has 0 bridgehead atoms. The molecule has 63 valence electrons. The topological polar surface area (TPSA) is 64.3 Å². The summed E-state index contributed by atoms with van der Waals surface area (Å²) >= 11 is 0. The number of carbonyl (C=O) groups is 1. The third-order valence-electron chi connectivity index (χ3n) is 1.92. The number of rotatable bonds is 2. The maximum Gasteiger partial charge on any atom is 0.252 e. The Morgan fingerprint density at radius 2 is 2.09 bits per heavy atom. The van der Waals surface area contributed by atoms with E-state index in [-0.39, 0.29) is 12.6 Å². The summed E-state index contributed by atoms with van der Waals surface area (Å²) in [6, 6.07) is 0. The summed E-state index contributed by atoms with van der Waals surface area (Å²) in [4.78, 5) is 12.3. The van der Waals surface area contributed by atoms with Gasteiger partial charge in [-0.3, -0.25) is 15.4 Å². The second-order valence-electron chi connectivity index (χ2n) is 2.93. The Morgan fingerprint density at radius 1 is 1.55 bits per heavy atom. The minimum atomic E-state index is -0.540. The van der Waals surface area contributed by atoms with Gasteiger partial charge >= 0.3 is 0 Å². The Labute approximate surface area is 66.0 Å². The number of nitrogens with one attached hydrogen (secondary N) is 1. The summed E-state index contributed by atoms with van der Waals surface area (Å²) in [5.41, 5.74) is 6.72. The van der Waals surface area contributed by atoms with Crippen molar-refractivity contribution >= 4 is 5.91 Å². The zero-order chi connectivity index (χ0) is 8.27. The van der Waals surface area contributed by atoms with Crippen LogP contribution in [-0.2, 0) is 4.79 Å². The molecule has 4 nitrogen and oxygen atoms in total. The first-order valence-corrected chi connectivity index (χ1v) is 3.83. The maximum atomic E-state index is 10.4. The number of carbonyl (C=O) groups excluding carboxylic acids is 1. The van der Waals surface area contributed by atoms with Gasteiger partial charge in [0.05, 0.1) is 12.6 Å². The fourth-order valence-electron chi connectivity index (χ4n) is 1.28. The van der Waals surface area contributed by atoms with Gasteiger partial charge in [0, 0.05) is 13.1 Å². The molecule has 1 saturated heterocycles. The molecule has 4 heteroatoms. The normalized spacial score (nSPS) is 21.9. The van der Waals surface area contributed by atoms with Gasteiger partial charge in [-0.25, -0.2) is 0 Å². The molecule has 1 amide bonds.